The molecule has 5 heterocycles. The summed E-state index contributed by atoms with van der Waals surface area (Å²) in [6.45, 7) is 1.09. The van der Waals surface area contributed by atoms with Crippen molar-refractivity contribution in [1.82, 2.24) is 40.0 Å². The van der Waals surface area contributed by atoms with Crippen LogP contribution >= 0.6 is 23.2 Å². The van der Waals surface area contributed by atoms with Gasteiger partial charge in [0, 0.05) is 84.6 Å². The summed E-state index contributed by atoms with van der Waals surface area (Å²) < 4.78 is 8.67. The van der Waals surface area contributed by atoms with Crippen LogP contribution in [0.25, 0.3) is 39.0 Å². The molecule has 0 unspecified atom stereocenters. The highest BCUT2D eigenvalue weighted by Gasteiger charge is 2.27. The molecule has 54 heavy (non-hydrogen) atoms. The highest BCUT2D eigenvalue weighted by molar-refractivity contribution is 6.39. The first-order valence-electron chi connectivity index (χ1n) is 17.5. The third-order valence-electron chi connectivity index (χ3n) is 9.86. The number of pyridine rings is 1. The molecule has 2 aromatic carbocycles. The number of nitrogens with zero attached hydrogens (tertiary/aromatic N) is 5. The van der Waals surface area contributed by atoms with Crippen LogP contribution in [0.5, 0.6) is 5.88 Å². The van der Waals surface area contributed by atoms with Crippen molar-refractivity contribution in [3.05, 3.63) is 92.6 Å². The fourth-order valence-corrected chi connectivity index (χ4v) is 7.64. The second kappa shape index (κ2) is 15.5. The number of fused-ring (bicyclic) bond motifs is 1. The summed E-state index contributed by atoms with van der Waals surface area (Å²) in [6, 6.07) is 16.2. The number of carboxylic acid groups (broad SMARTS) is 1. The monoisotopic (exact) mass is 772 g/mol. The first-order valence-corrected chi connectivity index (χ1v) is 18.2. The summed E-state index contributed by atoms with van der Waals surface area (Å²) in [5.41, 5.74) is 4.57. The van der Waals surface area contributed by atoms with E-state index in [1.165, 1.54) is 16.6 Å². The zero-order valence-corrected chi connectivity index (χ0v) is 31.1. The molecule has 2 aliphatic heterocycles. The predicted octanol–water partition coefficient (Wildman–Crippen LogP) is 4.87. The quantitative estimate of drug-likeness (QED) is 0.138. The Bertz CT molecular complexity index is 2340. The minimum atomic E-state index is -1.12. The van der Waals surface area contributed by atoms with Crippen LogP contribution in [0.1, 0.15) is 37.1 Å². The molecule has 4 N–H and O–H groups in total. The van der Waals surface area contributed by atoms with Gasteiger partial charge in [0.1, 0.15) is 11.3 Å². The Hall–Kier alpha value is -5.44. The Morgan fingerprint density at radius 2 is 1.61 bits per heavy atom. The van der Waals surface area contributed by atoms with Gasteiger partial charge in [0.15, 0.2) is 0 Å². The van der Waals surface area contributed by atoms with Crippen molar-refractivity contribution in [3.63, 3.8) is 0 Å². The van der Waals surface area contributed by atoms with Crippen molar-refractivity contribution in [2.75, 3.05) is 20.2 Å². The van der Waals surface area contributed by atoms with Gasteiger partial charge in [-0.2, -0.15) is 5.10 Å². The summed E-state index contributed by atoms with van der Waals surface area (Å²) in [5, 5.41) is 24.4. The SMILES string of the molecule is COc1nc(-c2cccc(-c3cccc(-c4cc5c(=O)n(C)c(CNC[C@@H]6CCC(=O)N6)nn5c4)c3Cl)c2Cl)ccc1CN(C[C@@H]1CCC(=O)N1)C(=O)O. The van der Waals surface area contributed by atoms with Crippen LogP contribution in [0.3, 0.4) is 0 Å². The lowest BCUT2D eigenvalue weighted by Crippen LogP contribution is -2.41. The number of halogens is 2. The average Bonchev–Trinajstić information content (AvgIpc) is 3.90. The standard InChI is InChI=1S/C38H38Cl2N8O6/c1-46-31(17-41-16-23-10-13-32(49)42-23)45-48-19-22(15-30(48)37(46)51)25-5-3-6-26(34(25)39)27-7-4-8-28(35(27)40)29-12-9-21(36(44-29)54-2)18-47(38(52)53)20-24-11-14-33(50)43-24/h3-9,12,15,19,23-24,41H,10-11,13-14,16-18,20H2,1-2H3,(H,42,49)(H,43,50)(H,52,53)/t23-,24-/m0/s1. The second-order valence-electron chi connectivity index (χ2n) is 13.4. The first kappa shape index (κ1) is 36.9. The number of amides is 3. The summed E-state index contributed by atoms with van der Waals surface area (Å²) in [7, 11) is 3.15. The summed E-state index contributed by atoms with van der Waals surface area (Å²) in [4.78, 5) is 54.6. The van der Waals surface area contributed by atoms with Crippen molar-refractivity contribution in [2.45, 2.75) is 50.9 Å². The van der Waals surface area contributed by atoms with Crippen LogP contribution in [-0.2, 0) is 29.7 Å². The Morgan fingerprint density at radius 1 is 0.963 bits per heavy atom. The van der Waals surface area contributed by atoms with E-state index in [-0.39, 0.29) is 48.4 Å². The van der Waals surface area contributed by atoms with Crippen molar-refractivity contribution < 1.29 is 24.2 Å². The van der Waals surface area contributed by atoms with Gasteiger partial charge in [-0.25, -0.2) is 14.3 Å². The molecule has 3 aromatic heterocycles. The number of carbonyl (C=O) groups excluding carboxylic acids is 2. The molecule has 2 aliphatic rings. The zero-order valence-electron chi connectivity index (χ0n) is 29.6. The molecule has 7 rings (SSSR count). The van der Waals surface area contributed by atoms with Gasteiger partial charge in [0.25, 0.3) is 5.56 Å². The molecule has 0 bridgehead atoms. The van der Waals surface area contributed by atoms with E-state index in [0.717, 1.165) is 6.42 Å². The largest absolute Gasteiger partial charge is 0.481 e. The van der Waals surface area contributed by atoms with Crippen molar-refractivity contribution >= 4 is 46.6 Å². The van der Waals surface area contributed by atoms with Crippen LogP contribution < -0.4 is 26.2 Å². The third kappa shape index (κ3) is 7.49. The molecule has 0 aliphatic carbocycles. The maximum absolute atomic E-state index is 13.4. The van der Waals surface area contributed by atoms with E-state index in [1.807, 2.05) is 36.4 Å². The molecule has 2 fully saturated rings. The first-order chi connectivity index (χ1) is 26.0. The van der Waals surface area contributed by atoms with E-state index >= 15 is 0 Å². The van der Waals surface area contributed by atoms with E-state index in [4.69, 9.17) is 38.0 Å². The van der Waals surface area contributed by atoms with E-state index in [0.29, 0.717) is 92.8 Å². The van der Waals surface area contributed by atoms with Crippen molar-refractivity contribution in [1.29, 1.82) is 0 Å². The lowest BCUT2D eigenvalue weighted by Gasteiger charge is -2.23. The lowest BCUT2D eigenvalue weighted by molar-refractivity contribution is -0.120. The summed E-state index contributed by atoms with van der Waals surface area (Å²) in [5.74, 6) is 0.749. The molecule has 14 nitrogen and oxygen atoms in total. The van der Waals surface area contributed by atoms with Crippen LogP contribution in [0, 0.1) is 0 Å². The number of rotatable bonds is 12. The third-order valence-corrected chi connectivity index (χ3v) is 10.7. The number of methoxy groups -OCH3 is 1. The van der Waals surface area contributed by atoms with Gasteiger partial charge < -0.3 is 30.7 Å². The number of hydrogen-bond acceptors (Lipinski definition) is 8. The van der Waals surface area contributed by atoms with E-state index in [9.17, 15) is 24.3 Å². The van der Waals surface area contributed by atoms with Crippen LogP contribution in [0.15, 0.2) is 65.6 Å². The number of aromatic nitrogens is 4. The number of ether oxygens (including phenoxy) is 1. The van der Waals surface area contributed by atoms with E-state index < -0.39 is 6.09 Å². The minimum absolute atomic E-state index is 0.0183. The molecule has 0 saturated carbocycles. The molecule has 0 spiro atoms. The Kier molecular flexibility index (Phi) is 10.6. The van der Waals surface area contributed by atoms with Gasteiger partial charge in [-0.3, -0.25) is 19.0 Å². The fraction of sp³-hybridized carbons (Fsp3) is 0.316. The summed E-state index contributed by atoms with van der Waals surface area (Å²) >= 11 is 14.2. The summed E-state index contributed by atoms with van der Waals surface area (Å²) in [6.07, 6.45) is 2.89. The number of benzene rings is 2. The fourth-order valence-electron chi connectivity index (χ4n) is 6.98. The Morgan fingerprint density at radius 3 is 2.26 bits per heavy atom. The average molecular weight is 774 g/mol. The molecular weight excluding hydrogens is 735 g/mol. The van der Waals surface area contributed by atoms with Gasteiger partial charge in [0.05, 0.1) is 35.9 Å². The van der Waals surface area contributed by atoms with Gasteiger partial charge in [0.2, 0.25) is 17.7 Å². The lowest BCUT2D eigenvalue weighted by atomic mass is 9.97. The molecule has 16 heteroatoms. The van der Waals surface area contributed by atoms with Gasteiger partial charge >= 0.3 is 6.09 Å². The Balaban J connectivity index is 1.14. The maximum atomic E-state index is 13.4. The molecular formula is C38H38Cl2N8O6. The number of hydrogen-bond donors (Lipinski definition) is 4. The molecule has 3 amide bonds. The smallest absolute Gasteiger partial charge is 0.407 e. The normalized spacial score (nSPS) is 16.8. The van der Waals surface area contributed by atoms with E-state index in [1.54, 1.807) is 36.0 Å². The highest BCUT2D eigenvalue weighted by Crippen LogP contribution is 2.42. The van der Waals surface area contributed by atoms with Gasteiger partial charge in [-0.15, -0.1) is 0 Å². The minimum Gasteiger partial charge on any atom is -0.481 e. The molecule has 2 saturated heterocycles. The number of nitrogens with one attached hydrogen (secondary N) is 3. The maximum Gasteiger partial charge on any atom is 0.407 e. The van der Waals surface area contributed by atoms with Crippen molar-refractivity contribution in [3.8, 4) is 39.4 Å². The molecule has 280 valence electrons. The highest BCUT2D eigenvalue weighted by atomic mass is 35.5. The zero-order chi connectivity index (χ0) is 38.1. The predicted molar refractivity (Wildman–Crippen MR) is 204 cm³/mol. The molecule has 5 aromatic rings. The van der Waals surface area contributed by atoms with Crippen molar-refractivity contribution in [2.24, 2.45) is 7.05 Å². The number of carbonyl (C=O) groups is 3. The molecule has 0 radical (unpaired) electrons. The van der Waals surface area contributed by atoms with Crippen LogP contribution in [0.2, 0.25) is 10.0 Å². The van der Waals surface area contributed by atoms with Gasteiger partial charge in [-0.05, 0) is 31.0 Å². The van der Waals surface area contributed by atoms with E-state index in [2.05, 4.69) is 16.0 Å². The Labute approximate surface area is 320 Å². The second-order valence-corrected chi connectivity index (χ2v) is 14.2. The van der Waals surface area contributed by atoms with Crippen LogP contribution in [0.4, 0.5) is 4.79 Å². The van der Waals surface area contributed by atoms with Gasteiger partial charge in [-0.1, -0.05) is 59.6 Å². The molecule has 2 atom stereocenters. The topological polar surface area (TPSA) is 172 Å². The van der Waals surface area contributed by atoms with Crippen LogP contribution in [-0.4, -0.2) is 79.4 Å².